The van der Waals surface area contributed by atoms with Crippen LogP contribution in [0.5, 0.6) is 5.75 Å². The Kier molecular flexibility index (Phi) is 3.88. The summed E-state index contributed by atoms with van der Waals surface area (Å²) in [7, 11) is 0. The third-order valence-corrected chi connectivity index (χ3v) is 2.37. The van der Waals surface area contributed by atoms with Gasteiger partial charge in [-0.05, 0) is 18.1 Å². The highest BCUT2D eigenvalue weighted by Gasteiger charge is 2.37. The molecule has 1 aromatic rings. The zero-order chi connectivity index (χ0) is 10.1. The predicted octanol–water partition coefficient (Wildman–Crippen LogP) is 2.52. The molecule has 1 fully saturated rings. The van der Waals surface area contributed by atoms with E-state index in [1.165, 1.54) is 0 Å². The third kappa shape index (κ3) is 2.79. The Morgan fingerprint density at radius 2 is 1.93 bits per heavy atom. The molecule has 1 aliphatic rings. The van der Waals surface area contributed by atoms with E-state index in [1.54, 1.807) is 24.3 Å². The summed E-state index contributed by atoms with van der Waals surface area (Å²) in [5, 5.41) is 0. The maximum Gasteiger partial charge on any atom is 0.387 e. The van der Waals surface area contributed by atoms with Gasteiger partial charge in [0.2, 0.25) is 0 Å². The molecule has 0 bridgehead atoms. The molecule has 2 rings (SSSR count). The van der Waals surface area contributed by atoms with Gasteiger partial charge in [0.25, 0.3) is 0 Å². The van der Waals surface area contributed by atoms with Crippen molar-refractivity contribution in [2.24, 2.45) is 5.73 Å². The fourth-order valence-electron chi connectivity index (χ4n) is 1.56. The molecule has 0 aliphatic heterocycles. The van der Waals surface area contributed by atoms with E-state index >= 15 is 0 Å². The van der Waals surface area contributed by atoms with Crippen LogP contribution in [0.15, 0.2) is 24.3 Å². The van der Waals surface area contributed by atoms with Crippen molar-refractivity contribution < 1.29 is 13.5 Å². The molecule has 0 spiro atoms. The second kappa shape index (κ2) is 4.77. The van der Waals surface area contributed by atoms with E-state index in [4.69, 9.17) is 5.73 Å². The van der Waals surface area contributed by atoms with Crippen LogP contribution >= 0.6 is 12.4 Å². The molecule has 0 aromatic heterocycles. The molecule has 0 saturated heterocycles. The van der Waals surface area contributed by atoms with E-state index in [0.717, 1.165) is 12.0 Å². The highest BCUT2D eigenvalue weighted by molar-refractivity contribution is 5.85. The van der Waals surface area contributed by atoms with Crippen molar-refractivity contribution in [2.75, 3.05) is 0 Å². The molecule has 2 nitrogen and oxygen atoms in total. The van der Waals surface area contributed by atoms with Gasteiger partial charge in [-0.2, -0.15) is 8.78 Å². The summed E-state index contributed by atoms with van der Waals surface area (Å²) in [6.07, 6.45) is 0.851. The van der Waals surface area contributed by atoms with Crippen LogP contribution in [0.2, 0.25) is 0 Å². The number of hydrogen-bond acceptors (Lipinski definition) is 2. The van der Waals surface area contributed by atoms with Crippen LogP contribution in [0.25, 0.3) is 0 Å². The van der Waals surface area contributed by atoms with Crippen LogP contribution in [0.3, 0.4) is 0 Å². The van der Waals surface area contributed by atoms with Crippen molar-refractivity contribution >= 4 is 12.4 Å². The van der Waals surface area contributed by atoms with Crippen molar-refractivity contribution in [1.29, 1.82) is 0 Å². The lowest BCUT2D eigenvalue weighted by Gasteiger charge is -2.09. The van der Waals surface area contributed by atoms with E-state index in [9.17, 15) is 8.78 Å². The Hall–Kier alpha value is -0.870. The smallest absolute Gasteiger partial charge is 0.387 e. The Balaban J connectivity index is 0.00000112. The number of alkyl halides is 2. The molecule has 0 radical (unpaired) electrons. The zero-order valence-corrected chi connectivity index (χ0v) is 8.71. The van der Waals surface area contributed by atoms with Gasteiger partial charge in [-0.15, -0.1) is 12.4 Å². The fraction of sp³-hybridized carbons (Fsp3) is 0.400. The first-order chi connectivity index (χ1) is 6.68. The molecule has 1 aliphatic carbocycles. The summed E-state index contributed by atoms with van der Waals surface area (Å²) in [5.74, 6) is 0.436. The minimum absolute atomic E-state index is 0. The fourth-order valence-corrected chi connectivity index (χ4v) is 1.56. The predicted molar refractivity (Wildman–Crippen MR) is 55.7 cm³/mol. The SMILES string of the molecule is Cl.N[C@H]1C[C@@H]1c1ccccc1OC(F)F. The van der Waals surface area contributed by atoms with Gasteiger partial charge in [-0.1, -0.05) is 18.2 Å². The van der Waals surface area contributed by atoms with Crippen molar-refractivity contribution in [2.45, 2.75) is 25.0 Å². The number of halogens is 3. The van der Waals surface area contributed by atoms with Gasteiger partial charge in [0.05, 0.1) is 0 Å². The van der Waals surface area contributed by atoms with E-state index in [2.05, 4.69) is 4.74 Å². The van der Waals surface area contributed by atoms with E-state index in [0.29, 0.717) is 0 Å². The molecule has 2 atom stereocenters. The molecule has 0 heterocycles. The quantitative estimate of drug-likeness (QED) is 0.874. The largest absolute Gasteiger partial charge is 0.435 e. The molecular weight excluding hydrogens is 224 g/mol. The molecule has 1 aromatic carbocycles. The first kappa shape index (κ1) is 12.2. The van der Waals surface area contributed by atoms with Gasteiger partial charge < -0.3 is 10.5 Å². The van der Waals surface area contributed by atoms with Crippen LogP contribution in [0.4, 0.5) is 8.78 Å². The summed E-state index contributed by atoms with van der Waals surface area (Å²) < 4.78 is 28.5. The van der Waals surface area contributed by atoms with Crippen molar-refractivity contribution in [3.63, 3.8) is 0 Å². The normalized spacial score (nSPS) is 23.5. The van der Waals surface area contributed by atoms with Crippen LogP contribution in [0, 0.1) is 0 Å². The van der Waals surface area contributed by atoms with Gasteiger partial charge in [-0.3, -0.25) is 0 Å². The molecule has 2 N–H and O–H groups in total. The lowest BCUT2D eigenvalue weighted by atomic mass is 10.1. The molecule has 1 saturated carbocycles. The van der Waals surface area contributed by atoms with E-state index in [1.807, 2.05) is 0 Å². The van der Waals surface area contributed by atoms with Crippen molar-refractivity contribution in [3.8, 4) is 5.75 Å². The topological polar surface area (TPSA) is 35.2 Å². The van der Waals surface area contributed by atoms with E-state index < -0.39 is 6.61 Å². The summed E-state index contributed by atoms with van der Waals surface area (Å²) in [6, 6.07) is 6.91. The van der Waals surface area contributed by atoms with Crippen LogP contribution < -0.4 is 10.5 Å². The molecule has 0 unspecified atom stereocenters. The maximum atomic E-state index is 12.0. The number of hydrogen-bond donors (Lipinski definition) is 1. The molecule has 5 heteroatoms. The maximum absolute atomic E-state index is 12.0. The Bertz CT molecular complexity index is 335. The lowest BCUT2D eigenvalue weighted by Crippen LogP contribution is -2.06. The highest BCUT2D eigenvalue weighted by atomic mass is 35.5. The minimum atomic E-state index is -2.77. The number of ether oxygens (including phenoxy) is 1. The second-order valence-corrected chi connectivity index (χ2v) is 3.42. The van der Waals surface area contributed by atoms with Gasteiger partial charge in [0.15, 0.2) is 0 Å². The number of para-hydroxylation sites is 1. The van der Waals surface area contributed by atoms with Crippen molar-refractivity contribution in [3.05, 3.63) is 29.8 Å². The summed E-state index contributed by atoms with van der Waals surface area (Å²) >= 11 is 0. The minimum Gasteiger partial charge on any atom is -0.435 e. The van der Waals surface area contributed by atoms with Gasteiger partial charge in [0.1, 0.15) is 5.75 Å². The first-order valence-corrected chi connectivity index (χ1v) is 4.48. The zero-order valence-electron chi connectivity index (χ0n) is 7.90. The standard InChI is InChI=1S/C10H11F2NO.ClH/c11-10(12)14-9-4-2-1-3-6(9)7-5-8(7)13;/h1-4,7-8,10H,5,13H2;1H/t7-,8+;/m1./s1. The monoisotopic (exact) mass is 235 g/mol. The molecule has 0 amide bonds. The number of rotatable bonds is 3. The number of nitrogens with two attached hydrogens (primary N) is 1. The number of benzene rings is 1. The molecular formula is C10H12ClF2NO. The lowest BCUT2D eigenvalue weighted by molar-refractivity contribution is -0.0504. The summed E-state index contributed by atoms with van der Waals surface area (Å²) in [6.45, 7) is -2.77. The second-order valence-electron chi connectivity index (χ2n) is 3.42. The molecule has 84 valence electrons. The van der Waals surface area contributed by atoms with Crippen LogP contribution in [-0.4, -0.2) is 12.7 Å². The average molecular weight is 236 g/mol. The Morgan fingerprint density at radius 1 is 1.33 bits per heavy atom. The van der Waals surface area contributed by atoms with Gasteiger partial charge in [-0.25, -0.2) is 0 Å². The highest BCUT2D eigenvalue weighted by Crippen LogP contribution is 2.43. The van der Waals surface area contributed by atoms with Crippen molar-refractivity contribution in [1.82, 2.24) is 0 Å². The Labute approximate surface area is 92.8 Å². The first-order valence-electron chi connectivity index (χ1n) is 4.48. The van der Waals surface area contributed by atoms with Gasteiger partial charge >= 0.3 is 6.61 Å². The summed E-state index contributed by atoms with van der Waals surface area (Å²) in [4.78, 5) is 0. The Morgan fingerprint density at radius 3 is 2.47 bits per heavy atom. The van der Waals surface area contributed by atoms with Crippen LogP contribution in [-0.2, 0) is 0 Å². The molecule has 15 heavy (non-hydrogen) atoms. The third-order valence-electron chi connectivity index (χ3n) is 2.37. The average Bonchev–Trinajstić information content (AvgIpc) is 2.82. The van der Waals surface area contributed by atoms with E-state index in [-0.39, 0.29) is 30.1 Å². The van der Waals surface area contributed by atoms with Crippen LogP contribution in [0.1, 0.15) is 17.9 Å². The summed E-state index contributed by atoms with van der Waals surface area (Å²) in [5.41, 5.74) is 6.45. The van der Waals surface area contributed by atoms with Gasteiger partial charge in [0, 0.05) is 12.0 Å².